The summed E-state index contributed by atoms with van der Waals surface area (Å²) < 4.78 is 21.2. The third-order valence-electron chi connectivity index (χ3n) is 3.75. The van der Waals surface area contributed by atoms with Gasteiger partial charge in [0, 0.05) is 0 Å². The zero-order valence-corrected chi connectivity index (χ0v) is 14.5. The molecule has 26 heavy (non-hydrogen) atoms. The molecular formula is C19H19NO6. The van der Waals surface area contributed by atoms with Crippen molar-refractivity contribution in [3.05, 3.63) is 48.0 Å². The van der Waals surface area contributed by atoms with E-state index in [1.165, 1.54) is 7.11 Å². The Hall–Kier alpha value is -3.22. The lowest BCUT2D eigenvalue weighted by Crippen LogP contribution is -2.39. The first-order valence-corrected chi connectivity index (χ1v) is 8.06. The number of esters is 1. The number of amides is 1. The van der Waals surface area contributed by atoms with E-state index in [0.29, 0.717) is 22.9 Å². The van der Waals surface area contributed by atoms with Gasteiger partial charge < -0.3 is 24.3 Å². The lowest BCUT2D eigenvalue weighted by atomic mass is 10.2. The van der Waals surface area contributed by atoms with Crippen molar-refractivity contribution >= 4 is 17.6 Å². The van der Waals surface area contributed by atoms with Crippen molar-refractivity contribution < 1.29 is 28.5 Å². The van der Waals surface area contributed by atoms with E-state index in [2.05, 4.69) is 5.32 Å². The van der Waals surface area contributed by atoms with Gasteiger partial charge in [-0.2, -0.15) is 0 Å². The van der Waals surface area contributed by atoms with Crippen LogP contribution in [0.25, 0.3) is 0 Å². The molecule has 0 radical (unpaired) electrons. The molecule has 0 saturated carbocycles. The summed E-state index contributed by atoms with van der Waals surface area (Å²) in [5.41, 5.74) is 1.48. The van der Waals surface area contributed by atoms with E-state index in [1.54, 1.807) is 30.3 Å². The molecule has 0 spiro atoms. The van der Waals surface area contributed by atoms with Gasteiger partial charge in [-0.3, -0.25) is 4.79 Å². The van der Waals surface area contributed by atoms with E-state index in [9.17, 15) is 9.59 Å². The fourth-order valence-corrected chi connectivity index (χ4v) is 2.47. The molecule has 7 nitrogen and oxygen atoms in total. The third kappa shape index (κ3) is 4.05. The lowest BCUT2D eigenvalue weighted by molar-refractivity contribution is -0.156. The SMILES string of the molecule is COc1ccc(C)cc1NC(=O)COC(=O)[C@H]1COc2ccccc2O1. The minimum absolute atomic E-state index is 0.0309. The molecule has 2 aromatic rings. The molecule has 1 aliphatic rings. The Morgan fingerprint density at radius 3 is 2.73 bits per heavy atom. The van der Waals surface area contributed by atoms with Crippen LogP contribution >= 0.6 is 0 Å². The predicted octanol–water partition coefficient (Wildman–Crippen LogP) is 2.33. The molecule has 1 amide bonds. The Labute approximate surface area is 150 Å². The maximum absolute atomic E-state index is 12.1. The van der Waals surface area contributed by atoms with E-state index in [4.69, 9.17) is 18.9 Å². The first kappa shape index (κ1) is 17.6. The predicted molar refractivity (Wildman–Crippen MR) is 93.7 cm³/mol. The van der Waals surface area contributed by atoms with Crippen LogP contribution in [0.2, 0.25) is 0 Å². The Morgan fingerprint density at radius 2 is 1.96 bits per heavy atom. The van der Waals surface area contributed by atoms with E-state index < -0.39 is 24.6 Å². The monoisotopic (exact) mass is 357 g/mol. The van der Waals surface area contributed by atoms with Gasteiger partial charge in [0.1, 0.15) is 12.4 Å². The smallest absolute Gasteiger partial charge is 0.351 e. The molecule has 0 aliphatic carbocycles. The highest BCUT2D eigenvalue weighted by molar-refractivity contribution is 5.94. The molecule has 1 atom stereocenters. The van der Waals surface area contributed by atoms with E-state index in [-0.39, 0.29) is 6.61 Å². The van der Waals surface area contributed by atoms with Crippen molar-refractivity contribution in [2.75, 3.05) is 25.6 Å². The number of rotatable bonds is 5. The van der Waals surface area contributed by atoms with Crippen molar-refractivity contribution in [3.63, 3.8) is 0 Å². The summed E-state index contributed by atoms with van der Waals surface area (Å²) in [5, 5.41) is 2.66. The molecule has 1 aliphatic heterocycles. The number of fused-ring (bicyclic) bond motifs is 1. The minimum Gasteiger partial charge on any atom is -0.495 e. The fraction of sp³-hybridized carbons (Fsp3) is 0.263. The number of hydrogen-bond donors (Lipinski definition) is 1. The maximum atomic E-state index is 12.1. The second kappa shape index (κ2) is 7.77. The van der Waals surface area contributed by atoms with Gasteiger partial charge >= 0.3 is 5.97 Å². The van der Waals surface area contributed by atoms with E-state index >= 15 is 0 Å². The molecular weight excluding hydrogens is 338 g/mol. The average molecular weight is 357 g/mol. The maximum Gasteiger partial charge on any atom is 0.351 e. The second-order valence-corrected chi connectivity index (χ2v) is 5.72. The zero-order valence-electron chi connectivity index (χ0n) is 14.5. The van der Waals surface area contributed by atoms with Crippen LogP contribution in [0.4, 0.5) is 5.69 Å². The Kier molecular flexibility index (Phi) is 5.26. The normalized spacial score (nSPS) is 15.1. The quantitative estimate of drug-likeness (QED) is 0.827. The summed E-state index contributed by atoms with van der Waals surface area (Å²) in [6.45, 7) is 1.49. The molecule has 3 rings (SSSR count). The minimum atomic E-state index is -0.911. The highest BCUT2D eigenvalue weighted by Crippen LogP contribution is 2.31. The van der Waals surface area contributed by atoms with Crippen molar-refractivity contribution in [1.82, 2.24) is 0 Å². The van der Waals surface area contributed by atoms with Gasteiger partial charge in [-0.25, -0.2) is 4.79 Å². The van der Waals surface area contributed by atoms with Crippen molar-refractivity contribution in [3.8, 4) is 17.2 Å². The Bertz CT molecular complexity index is 819. The number of carbonyl (C=O) groups excluding carboxylic acids is 2. The molecule has 0 unspecified atom stereocenters. The summed E-state index contributed by atoms with van der Waals surface area (Å²) in [6.07, 6.45) is -0.911. The molecule has 0 saturated heterocycles. The summed E-state index contributed by atoms with van der Waals surface area (Å²) >= 11 is 0. The van der Waals surface area contributed by atoms with Crippen LogP contribution in [0.15, 0.2) is 42.5 Å². The van der Waals surface area contributed by atoms with E-state index in [0.717, 1.165) is 5.56 Å². The van der Waals surface area contributed by atoms with Crippen LogP contribution in [0.1, 0.15) is 5.56 Å². The highest BCUT2D eigenvalue weighted by Gasteiger charge is 2.29. The van der Waals surface area contributed by atoms with Crippen LogP contribution in [0, 0.1) is 6.92 Å². The number of anilines is 1. The molecule has 0 aromatic heterocycles. The number of benzene rings is 2. The third-order valence-corrected chi connectivity index (χ3v) is 3.75. The van der Waals surface area contributed by atoms with Crippen LogP contribution in [-0.2, 0) is 14.3 Å². The number of aryl methyl sites for hydroxylation is 1. The topological polar surface area (TPSA) is 83.1 Å². The lowest BCUT2D eigenvalue weighted by Gasteiger charge is -2.24. The molecule has 2 aromatic carbocycles. The summed E-state index contributed by atoms with van der Waals surface area (Å²) in [5.74, 6) is 0.427. The number of nitrogens with one attached hydrogen (secondary N) is 1. The first-order valence-electron chi connectivity index (χ1n) is 8.06. The zero-order chi connectivity index (χ0) is 18.5. The highest BCUT2D eigenvalue weighted by atomic mass is 16.6. The van der Waals surface area contributed by atoms with E-state index in [1.807, 2.05) is 19.1 Å². The first-order chi connectivity index (χ1) is 12.6. The summed E-state index contributed by atoms with van der Waals surface area (Å²) in [6, 6.07) is 12.4. The number of carbonyl (C=O) groups is 2. The Balaban J connectivity index is 1.54. The van der Waals surface area contributed by atoms with Crippen LogP contribution in [0.5, 0.6) is 17.2 Å². The van der Waals surface area contributed by atoms with Gasteiger partial charge in [0.05, 0.1) is 12.8 Å². The van der Waals surface area contributed by atoms with Gasteiger partial charge in [-0.05, 0) is 36.8 Å². The van der Waals surface area contributed by atoms with Crippen molar-refractivity contribution in [2.45, 2.75) is 13.0 Å². The number of hydrogen-bond acceptors (Lipinski definition) is 6. The van der Waals surface area contributed by atoms with Gasteiger partial charge in [0.25, 0.3) is 5.91 Å². The van der Waals surface area contributed by atoms with Gasteiger partial charge in [-0.1, -0.05) is 18.2 Å². The summed E-state index contributed by atoms with van der Waals surface area (Å²) in [4.78, 5) is 24.2. The molecule has 0 bridgehead atoms. The second-order valence-electron chi connectivity index (χ2n) is 5.72. The van der Waals surface area contributed by atoms with Gasteiger partial charge in [0.2, 0.25) is 6.10 Å². The molecule has 136 valence electrons. The van der Waals surface area contributed by atoms with Crippen molar-refractivity contribution in [1.29, 1.82) is 0 Å². The van der Waals surface area contributed by atoms with Gasteiger partial charge in [-0.15, -0.1) is 0 Å². The van der Waals surface area contributed by atoms with Gasteiger partial charge in [0.15, 0.2) is 18.1 Å². The van der Waals surface area contributed by atoms with Crippen LogP contribution < -0.4 is 19.5 Å². The molecule has 7 heteroatoms. The average Bonchev–Trinajstić information content (AvgIpc) is 2.66. The molecule has 0 fully saturated rings. The standard InChI is InChI=1S/C19H19NO6/c1-12-7-8-14(23-2)13(9-12)20-18(21)11-25-19(22)17-10-24-15-5-3-4-6-16(15)26-17/h3-9,17H,10-11H2,1-2H3,(H,20,21)/t17-/m1/s1. The summed E-state index contributed by atoms with van der Waals surface area (Å²) in [7, 11) is 1.51. The number of methoxy groups -OCH3 is 1. The number of para-hydroxylation sites is 2. The number of ether oxygens (including phenoxy) is 4. The van der Waals surface area contributed by atoms with Crippen LogP contribution in [-0.4, -0.2) is 38.3 Å². The molecule has 1 heterocycles. The van der Waals surface area contributed by atoms with Crippen LogP contribution in [0.3, 0.4) is 0 Å². The molecule has 1 N–H and O–H groups in total. The largest absolute Gasteiger partial charge is 0.495 e. The fourth-order valence-electron chi connectivity index (χ4n) is 2.47. The van der Waals surface area contributed by atoms with Crippen molar-refractivity contribution in [2.24, 2.45) is 0 Å². The Morgan fingerprint density at radius 1 is 1.19 bits per heavy atom.